The Morgan fingerprint density at radius 3 is 1.68 bits per heavy atom. The number of nitrogens with one attached hydrogen (secondary N) is 1. The molecule has 5 nitrogen and oxygen atoms in total. The van der Waals surface area contributed by atoms with Gasteiger partial charge in [-0.15, -0.1) is 0 Å². The summed E-state index contributed by atoms with van der Waals surface area (Å²) in [6.07, 6.45) is 0. The second-order valence-corrected chi connectivity index (χ2v) is 16.0. The third-order valence-electron chi connectivity index (χ3n) is 12.7. The van der Waals surface area contributed by atoms with Crippen molar-refractivity contribution in [3.8, 4) is 34.3 Å². The molecule has 0 unspecified atom stereocenters. The van der Waals surface area contributed by atoms with Gasteiger partial charge in [0.15, 0.2) is 0 Å². The Balaban J connectivity index is 1.22. The lowest BCUT2D eigenvalue weighted by Gasteiger charge is -2.19. The minimum atomic E-state index is -0.690. The summed E-state index contributed by atoms with van der Waals surface area (Å²) >= 11 is 0. The second-order valence-electron chi connectivity index (χ2n) is 16.0. The predicted octanol–water partition coefficient (Wildman–Crippen LogP) is 14.4. The van der Waals surface area contributed by atoms with Crippen LogP contribution in [0.3, 0.4) is 0 Å². The Labute approximate surface area is 352 Å². The Hall–Kier alpha value is -8.47. The molecule has 0 aliphatic heterocycles. The molecule has 0 saturated carbocycles. The molecular weight excluding hydrogens is 769 g/mol. The van der Waals surface area contributed by atoms with Gasteiger partial charge in [-0.2, -0.15) is 5.26 Å². The van der Waals surface area contributed by atoms with E-state index in [1.165, 1.54) is 12.1 Å². The number of benzene rings is 9. The van der Waals surface area contributed by atoms with Gasteiger partial charge >= 0.3 is 0 Å². The van der Waals surface area contributed by atoms with Crippen molar-refractivity contribution in [2.24, 2.45) is 0 Å². The number of fused-ring (bicyclic) bond motifs is 14. The van der Waals surface area contributed by atoms with Gasteiger partial charge in [-0.1, -0.05) is 103 Å². The molecule has 0 bridgehead atoms. The molecular formula is C55H31F2N5. The van der Waals surface area contributed by atoms with Gasteiger partial charge in [-0.25, -0.2) is 8.78 Å². The number of halogens is 2. The smallest absolute Gasteiger partial charge is 0.126 e. The number of hydrogen-bond acceptors (Lipinski definition) is 1. The van der Waals surface area contributed by atoms with Gasteiger partial charge in [0, 0.05) is 71.4 Å². The number of nitrogens with zero attached hydrogens (tertiary/aromatic N) is 4. The van der Waals surface area contributed by atoms with E-state index in [-0.39, 0.29) is 0 Å². The highest BCUT2D eigenvalue weighted by Gasteiger charge is 2.26. The highest BCUT2D eigenvalue weighted by molar-refractivity contribution is 6.27. The summed E-state index contributed by atoms with van der Waals surface area (Å²) in [5.41, 5.74) is 11.3. The van der Waals surface area contributed by atoms with Crippen molar-refractivity contribution in [2.45, 2.75) is 0 Å². The molecule has 13 rings (SSSR count). The van der Waals surface area contributed by atoms with Gasteiger partial charge in [0.05, 0.1) is 50.0 Å². The maximum atomic E-state index is 15.6. The van der Waals surface area contributed by atoms with Crippen molar-refractivity contribution < 1.29 is 8.78 Å². The first-order valence-corrected chi connectivity index (χ1v) is 20.5. The molecule has 0 atom stereocenters. The zero-order valence-corrected chi connectivity index (χ0v) is 32.9. The molecule has 0 aliphatic rings. The first kappa shape index (κ1) is 34.4. The third kappa shape index (κ3) is 4.69. The summed E-state index contributed by atoms with van der Waals surface area (Å²) in [5, 5.41) is 19.6. The minimum Gasteiger partial charge on any atom is -0.354 e. The fraction of sp³-hybridized carbons (Fsp3) is 0. The maximum Gasteiger partial charge on any atom is 0.126 e. The Morgan fingerprint density at radius 2 is 0.984 bits per heavy atom. The molecule has 290 valence electrons. The van der Waals surface area contributed by atoms with Crippen LogP contribution < -0.4 is 0 Å². The van der Waals surface area contributed by atoms with Crippen LogP contribution in [0.4, 0.5) is 8.78 Å². The van der Waals surface area contributed by atoms with Crippen LogP contribution in [-0.2, 0) is 0 Å². The van der Waals surface area contributed by atoms with Crippen molar-refractivity contribution in [2.75, 3.05) is 0 Å². The summed E-state index contributed by atoms with van der Waals surface area (Å²) in [4.78, 5) is 3.61. The molecule has 0 radical (unpaired) electrons. The number of hydrogen-bond donors (Lipinski definition) is 1. The van der Waals surface area contributed by atoms with Crippen molar-refractivity contribution in [3.05, 3.63) is 199 Å². The van der Waals surface area contributed by atoms with Crippen LogP contribution in [0.15, 0.2) is 182 Å². The summed E-state index contributed by atoms with van der Waals surface area (Å²) in [5.74, 6) is -1.38. The van der Waals surface area contributed by atoms with E-state index in [1.807, 2.05) is 66.7 Å². The van der Waals surface area contributed by atoms with Crippen LogP contribution in [0.1, 0.15) is 5.56 Å². The highest BCUT2D eigenvalue weighted by atomic mass is 19.1. The van der Waals surface area contributed by atoms with Crippen molar-refractivity contribution in [1.29, 1.82) is 5.26 Å². The van der Waals surface area contributed by atoms with E-state index in [4.69, 9.17) is 0 Å². The number of rotatable bonds is 4. The zero-order chi connectivity index (χ0) is 41.2. The summed E-state index contributed by atoms with van der Waals surface area (Å²) in [7, 11) is 0. The topological polar surface area (TPSA) is 54.4 Å². The summed E-state index contributed by atoms with van der Waals surface area (Å²) in [6, 6.07) is 62.1. The van der Waals surface area contributed by atoms with Gasteiger partial charge in [-0.05, 0) is 78.4 Å². The molecule has 13 aromatic rings. The summed E-state index contributed by atoms with van der Waals surface area (Å²) < 4.78 is 37.7. The van der Waals surface area contributed by atoms with Crippen LogP contribution in [0, 0.1) is 23.0 Å². The number of aromatic amines is 1. The van der Waals surface area contributed by atoms with Crippen molar-refractivity contribution in [3.63, 3.8) is 0 Å². The highest BCUT2D eigenvalue weighted by Crippen LogP contribution is 2.46. The summed E-state index contributed by atoms with van der Waals surface area (Å²) in [6.45, 7) is 0. The lowest BCUT2D eigenvalue weighted by atomic mass is 9.98. The van der Waals surface area contributed by atoms with E-state index in [2.05, 4.69) is 122 Å². The Bertz CT molecular complexity index is 4060. The van der Waals surface area contributed by atoms with Crippen LogP contribution >= 0.6 is 0 Å². The normalized spacial score (nSPS) is 12.0. The van der Waals surface area contributed by atoms with Crippen LogP contribution in [0.2, 0.25) is 0 Å². The predicted molar refractivity (Wildman–Crippen MR) is 249 cm³/mol. The Kier molecular flexibility index (Phi) is 7.08. The largest absolute Gasteiger partial charge is 0.354 e. The van der Waals surface area contributed by atoms with Gasteiger partial charge in [0.1, 0.15) is 17.7 Å². The first-order chi connectivity index (χ1) is 30.6. The molecule has 7 heteroatoms. The fourth-order valence-electron chi connectivity index (χ4n) is 10.2. The SMILES string of the molecule is N#Cc1cc(-n2c3ccccc3c3ccc4c(c5ccccc5n4-c4ccccc4)c32)c(-c2cc(F)cc(F)c2)cc1-n1c2ccccc2c2ccc3[nH]c4ccccc4c3c21. The number of para-hydroxylation sites is 5. The van der Waals surface area contributed by atoms with Crippen LogP contribution in [0.25, 0.3) is 115 Å². The molecule has 4 heterocycles. The second kappa shape index (κ2) is 12.8. The third-order valence-corrected chi connectivity index (χ3v) is 12.7. The molecule has 0 fully saturated rings. The maximum absolute atomic E-state index is 15.6. The van der Waals surface area contributed by atoms with E-state index < -0.39 is 11.6 Å². The van der Waals surface area contributed by atoms with Gasteiger partial charge < -0.3 is 18.7 Å². The first-order valence-electron chi connectivity index (χ1n) is 20.5. The average Bonchev–Trinajstić information content (AvgIpc) is 4.05. The fourth-order valence-corrected chi connectivity index (χ4v) is 10.2. The van der Waals surface area contributed by atoms with E-state index in [9.17, 15) is 5.26 Å². The average molecular weight is 800 g/mol. The van der Waals surface area contributed by atoms with Gasteiger partial charge in [0.2, 0.25) is 0 Å². The molecule has 0 spiro atoms. The molecule has 4 aromatic heterocycles. The standard InChI is InChI=1S/C55H31F2N5/c56-34-26-32(27-35(57)29-34)43-30-50(61-46-19-9-5-14-37(46)39-22-24-45-52(54(39)61)41-16-4-8-18-44(41)59-45)33(31-58)28-51(43)62-47-20-10-6-15-38(47)40-23-25-49-53(55(40)62)42-17-7-11-21-48(42)60(49)36-12-2-1-3-13-36/h1-30,59H. The lowest BCUT2D eigenvalue weighted by Crippen LogP contribution is -2.04. The molecule has 0 amide bonds. The zero-order valence-electron chi connectivity index (χ0n) is 32.9. The van der Waals surface area contributed by atoms with E-state index in [1.54, 1.807) is 0 Å². The molecule has 9 aromatic carbocycles. The van der Waals surface area contributed by atoms with Crippen LogP contribution in [0.5, 0.6) is 0 Å². The molecule has 62 heavy (non-hydrogen) atoms. The van der Waals surface area contributed by atoms with E-state index in [0.29, 0.717) is 28.1 Å². The van der Waals surface area contributed by atoms with Gasteiger partial charge in [-0.3, -0.25) is 0 Å². The molecule has 1 N–H and O–H groups in total. The minimum absolute atomic E-state index is 0.353. The molecule has 0 aliphatic carbocycles. The van der Waals surface area contributed by atoms with Crippen LogP contribution in [-0.4, -0.2) is 18.7 Å². The van der Waals surface area contributed by atoms with E-state index >= 15 is 8.78 Å². The van der Waals surface area contributed by atoms with Crippen molar-refractivity contribution in [1.82, 2.24) is 18.7 Å². The number of aromatic nitrogens is 4. The quantitative estimate of drug-likeness (QED) is 0.189. The van der Waals surface area contributed by atoms with Gasteiger partial charge in [0.25, 0.3) is 0 Å². The molecule has 0 saturated heterocycles. The number of H-pyrrole nitrogens is 1. The lowest BCUT2D eigenvalue weighted by molar-refractivity contribution is 0.584. The van der Waals surface area contributed by atoms with Crippen molar-refractivity contribution >= 4 is 87.2 Å². The monoisotopic (exact) mass is 799 g/mol. The number of nitriles is 1. The van der Waals surface area contributed by atoms with E-state index in [0.717, 1.165) is 99.0 Å². The Morgan fingerprint density at radius 1 is 0.419 bits per heavy atom.